The highest BCUT2D eigenvalue weighted by Gasteiger charge is 2.08. The summed E-state index contributed by atoms with van der Waals surface area (Å²) in [5.74, 6) is 0.219. The number of urea groups is 1. The topological polar surface area (TPSA) is 70.2 Å². The SMILES string of the molecule is CNC(=O)Nc1cccc(NC(=O)CSc2cc(C)c(Br)cc2C)c1. The van der Waals surface area contributed by atoms with Gasteiger partial charge in [-0.1, -0.05) is 22.0 Å². The van der Waals surface area contributed by atoms with Crippen molar-refractivity contribution in [3.63, 3.8) is 0 Å². The molecule has 0 heterocycles. The largest absolute Gasteiger partial charge is 0.341 e. The Morgan fingerprint density at radius 3 is 2.40 bits per heavy atom. The van der Waals surface area contributed by atoms with Crippen molar-refractivity contribution >= 4 is 51.0 Å². The third-order valence-corrected chi connectivity index (χ3v) is 5.46. The quantitative estimate of drug-likeness (QED) is 0.620. The molecule has 0 aliphatic heterocycles. The zero-order chi connectivity index (χ0) is 18.4. The van der Waals surface area contributed by atoms with Crippen molar-refractivity contribution in [1.82, 2.24) is 5.32 Å². The highest BCUT2D eigenvalue weighted by Crippen LogP contribution is 2.28. The summed E-state index contributed by atoms with van der Waals surface area (Å²) in [6.07, 6.45) is 0. The minimum atomic E-state index is -0.305. The first-order chi connectivity index (χ1) is 11.9. The molecule has 0 atom stereocenters. The molecule has 3 N–H and O–H groups in total. The molecule has 0 saturated heterocycles. The van der Waals surface area contributed by atoms with Crippen molar-refractivity contribution in [2.45, 2.75) is 18.7 Å². The van der Waals surface area contributed by atoms with Crippen LogP contribution in [0.3, 0.4) is 0 Å². The number of benzene rings is 2. The van der Waals surface area contributed by atoms with Crippen LogP contribution in [0.1, 0.15) is 11.1 Å². The van der Waals surface area contributed by atoms with Gasteiger partial charge in [-0.3, -0.25) is 4.79 Å². The molecular formula is C18H20BrN3O2S. The number of anilines is 2. The first-order valence-corrected chi connectivity index (χ1v) is 9.45. The number of amides is 3. The first-order valence-electron chi connectivity index (χ1n) is 7.67. The molecule has 0 unspecified atom stereocenters. The summed E-state index contributed by atoms with van der Waals surface area (Å²) in [4.78, 5) is 24.6. The van der Waals surface area contributed by atoms with E-state index in [0.29, 0.717) is 17.1 Å². The van der Waals surface area contributed by atoms with Crippen molar-refractivity contribution in [1.29, 1.82) is 0 Å². The molecule has 0 fully saturated rings. The van der Waals surface area contributed by atoms with Crippen LogP contribution in [-0.4, -0.2) is 24.7 Å². The van der Waals surface area contributed by atoms with Gasteiger partial charge in [0.25, 0.3) is 0 Å². The molecule has 0 saturated carbocycles. The van der Waals surface area contributed by atoms with Gasteiger partial charge in [-0.2, -0.15) is 0 Å². The second-order valence-electron chi connectivity index (χ2n) is 5.49. The maximum absolute atomic E-state index is 12.2. The number of carbonyl (C=O) groups excluding carboxylic acids is 2. The third kappa shape index (κ3) is 5.79. The maximum atomic E-state index is 12.2. The van der Waals surface area contributed by atoms with Gasteiger partial charge < -0.3 is 16.0 Å². The Morgan fingerprint density at radius 2 is 1.72 bits per heavy atom. The number of hydrogen-bond donors (Lipinski definition) is 3. The van der Waals surface area contributed by atoms with E-state index in [0.717, 1.165) is 20.5 Å². The molecular weight excluding hydrogens is 402 g/mol. The molecule has 7 heteroatoms. The smallest absolute Gasteiger partial charge is 0.318 e. The number of rotatable bonds is 5. The summed E-state index contributed by atoms with van der Waals surface area (Å²) >= 11 is 5.01. The van der Waals surface area contributed by atoms with Crippen LogP contribution in [0, 0.1) is 13.8 Å². The number of halogens is 1. The lowest BCUT2D eigenvalue weighted by Crippen LogP contribution is -2.24. The molecule has 0 aliphatic carbocycles. The zero-order valence-electron chi connectivity index (χ0n) is 14.3. The summed E-state index contributed by atoms with van der Waals surface area (Å²) in [7, 11) is 1.55. The van der Waals surface area contributed by atoms with E-state index < -0.39 is 0 Å². The van der Waals surface area contributed by atoms with E-state index in [2.05, 4.69) is 44.0 Å². The van der Waals surface area contributed by atoms with Crippen LogP contribution in [0.25, 0.3) is 0 Å². The molecule has 0 bridgehead atoms. The highest BCUT2D eigenvalue weighted by atomic mass is 79.9. The average molecular weight is 422 g/mol. The van der Waals surface area contributed by atoms with Crippen LogP contribution in [0.2, 0.25) is 0 Å². The van der Waals surface area contributed by atoms with Gasteiger partial charge in [0.15, 0.2) is 0 Å². The van der Waals surface area contributed by atoms with Gasteiger partial charge in [0.05, 0.1) is 5.75 Å². The zero-order valence-corrected chi connectivity index (χ0v) is 16.7. The van der Waals surface area contributed by atoms with E-state index in [1.165, 1.54) is 11.8 Å². The van der Waals surface area contributed by atoms with Gasteiger partial charge >= 0.3 is 6.03 Å². The van der Waals surface area contributed by atoms with Gasteiger partial charge in [0.1, 0.15) is 0 Å². The second kappa shape index (κ2) is 8.92. The number of nitrogens with one attached hydrogen (secondary N) is 3. The predicted octanol–water partition coefficient (Wildman–Crippen LogP) is 4.55. The molecule has 2 aromatic rings. The van der Waals surface area contributed by atoms with Gasteiger partial charge in [-0.25, -0.2) is 4.79 Å². The number of aryl methyl sites for hydroxylation is 2. The fourth-order valence-corrected chi connectivity index (χ4v) is 3.48. The maximum Gasteiger partial charge on any atom is 0.318 e. The van der Waals surface area contributed by atoms with Gasteiger partial charge in [0.2, 0.25) is 5.91 Å². The lowest BCUT2D eigenvalue weighted by Gasteiger charge is -2.10. The van der Waals surface area contributed by atoms with Gasteiger partial charge in [-0.15, -0.1) is 11.8 Å². The minimum absolute atomic E-state index is 0.0953. The molecule has 3 amide bonds. The lowest BCUT2D eigenvalue weighted by atomic mass is 10.2. The molecule has 0 aliphatic rings. The Balaban J connectivity index is 1.95. The van der Waals surface area contributed by atoms with Crippen molar-refractivity contribution in [3.05, 3.63) is 52.0 Å². The number of hydrogen-bond acceptors (Lipinski definition) is 3. The van der Waals surface area contributed by atoms with Crippen LogP contribution in [0.15, 0.2) is 45.8 Å². The molecule has 132 valence electrons. The molecule has 2 rings (SSSR count). The predicted molar refractivity (Wildman–Crippen MR) is 107 cm³/mol. The standard InChI is InChI=1S/C18H20BrN3O2S/c1-11-8-16(12(2)7-15(11)19)25-10-17(23)21-13-5-4-6-14(9-13)22-18(24)20-3/h4-9H,10H2,1-3H3,(H,21,23)(H2,20,22,24). The van der Waals surface area contributed by atoms with Crippen LogP contribution >= 0.6 is 27.7 Å². The van der Waals surface area contributed by atoms with E-state index in [1.54, 1.807) is 31.3 Å². The monoisotopic (exact) mass is 421 g/mol. The van der Waals surface area contributed by atoms with E-state index in [4.69, 9.17) is 0 Å². The van der Waals surface area contributed by atoms with Crippen LogP contribution < -0.4 is 16.0 Å². The summed E-state index contributed by atoms with van der Waals surface area (Å²) in [5.41, 5.74) is 3.53. The molecule has 0 aromatic heterocycles. The van der Waals surface area contributed by atoms with Gasteiger partial charge in [-0.05, 0) is 55.3 Å². The Morgan fingerprint density at radius 1 is 1.04 bits per heavy atom. The second-order valence-corrected chi connectivity index (χ2v) is 7.36. The van der Waals surface area contributed by atoms with Crippen molar-refractivity contribution in [2.24, 2.45) is 0 Å². The summed E-state index contributed by atoms with van der Waals surface area (Å²) in [6.45, 7) is 4.05. The van der Waals surface area contributed by atoms with Crippen LogP contribution in [-0.2, 0) is 4.79 Å². The van der Waals surface area contributed by atoms with Crippen LogP contribution in [0.5, 0.6) is 0 Å². The summed E-state index contributed by atoms with van der Waals surface area (Å²) in [6, 6.07) is 10.9. The fourth-order valence-electron chi connectivity index (χ4n) is 2.12. The van der Waals surface area contributed by atoms with E-state index in [1.807, 2.05) is 13.8 Å². The lowest BCUT2D eigenvalue weighted by molar-refractivity contribution is -0.113. The van der Waals surface area contributed by atoms with Crippen LogP contribution in [0.4, 0.5) is 16.2 Å². The molecule has 2 aromatic carbocycles. The Hall–Kier alpha value is -1.99. The minimum Gasteiger partial charge on any atom is -0.341 e. The first kappa shape index (κ1) is 19.3. The van der Waals surface area contributed by atoms with Crippen molar-refractivity contribution in [2.75, 3.05) is 23.4 Å². The molecule has 5 nitrogen and oxygen atoms in total. The van der Waals surface area contributed by atoms with E-state index in [-0.39, 0.29) is 11.9 Å². The van der Waals surface area contributed by atoms with Crippen molar-refractivity contribution in [3.8, 4) is 0 Å². The van der Waals surface area contributed by atoms with Crippen molar-refractivity contribution < 1.29 is 9.59 Å². The number of carbonyl (C=O) groups is 2. The van der Waals surface area contributed by atoms with Gasteiger partial charge in [0, 0.05) is 27.8 Å². The molecule has 0 spiro atoms. The van der Waals surface area contributed by atoms with E-state index >= 15 is 0 Å². The Bertz CT molecular complexity index is 796. The number of thioether (sulfide) groups is 1. The summed E-state index contributed by atoms with van der Waals surface area (Å²) in [5, 5.41) is 8.00. The van der Waals surface area contributed by atoms with E-state index in [9.17, 15) is 9.59 Å². The molecule has 0 radical (unpaired) electrons. The fraction of sp³-hybridized carbons (Fsp3) is 0.222. The molecule has 25 heavy (non-hydrogen) atoms. The third-order valence-electron chi connectivity index (χ3n) is 3.45. The highest BCUT2D eigenvalue weighted by molar-refractivity contribution is 9.10. The Kier molecular flexibility index (Phi) is 6.90. The normalized spacial score (nSPS) is 10.2. The average Bonchev–Trinajstić information content (AvgIpc) is 2.57. The Labute approximate surface area is 160 Å². The summed E-state index contributed by atoms with van der Waals surface area (Å²) < 4.78 is 1.07.